The van der Waals surface area contributed by atoms with Crippen LogP contribution in [0.1, 0.15) is 29.8 Å². The Balaban J connectivity index is 1.85. The lowest BCUT2D eigenvalue weighted by atomic mass is 9.86. The van der Waals surface area contributed by atoms with E-state index in [1.54, 1.807) is 54.6 Å². The van der Waals surface area contributed by atoms with Gasteiger partial charge in [-0.15, -0.1) is 0 Å². The highest BCUT2D eigenvalue weighted by atomic mass is 35.5. The number of pyridine rings is 1. The number of carbonyl (C=O) groups is 1. The molecule has 0 saturated carbocycles. The first kappa shape index (κ1) is 21.6. The maximum Gasteiger partial charge on any atom is 0.340 e. The van der Waals surface area contributed by atoms with E-state index in [0.29, 0.717) is 38.2 Å². The Hall–Kier alpha value is -4.21. The monoisotopic (exact) mass is 466 g/mol. The molecule has 5 aromatic rings. The van der Waals surface area contributed by atoms with E-state index in [4.69, 9.17) is 11.6 Å². The SMILES string of the molecule is CC(C)(C#N)c1ccc(-n2c(=O)n(C(=O)c3ccccc3)c3cnc4ccc(Cl)cc4c32)cc1. The van der Waals surface area contributed by atoms with E-state index in [1.807, 2.05) is 32.0 Å². The fourth-order valence-corrected chi connectivity index (χ4v) is 4.25. The highest BCUT2D eigenvalue weighted by Gasteiger charge is 2.24. The van der Waals surface area contributed by atoms with Gasteiger partial charge in [-0.3, -0.25) is 14.3 Å². The van der Waals surface area contributed by atoms with E-state index in [0.717, 1.165) is 10.1 Å². The molecule has 34 heavy (non-hydrogen) atoms. The zero-order valence-corrected chi connectivity index (χ0v) is 19.2. The Morgan fingerprint density at radius 1 is 1.03 bits per heavy atom. The molecule has 0 N–H and O–H groups in total. The van der Waals surface area contributed by atoms with Crippen molar-refractivity contribution in [2.45, 2.75) is 19.3 Å². The van der Waals surface area contributed by atoms with Gasteiger partial charge in [-0.1, -0.05) is 41.9 Å². The number of hydrogen-bond acceptors (Lipinski definition) is 4. The van der Waals surface area contributed by atoms with Gasteiger partial charge < -0.3 is 0 Å². The van der Waals surface area contributed by atoms with E-state index in [2.05, 4.69) is 11.1 Å². The Kier molecular flexibility index (Phi) is 5.07. The fourth-order valence-electron chi connectivity index (χ4n) is 4.07. The molecule has 0 spiro atoms. The van der Waals surface area contributed by atoms with Crippen LogP contribution in [0.4, 0.5) is 0 Å². The second kappa shape index (κ2) is 7.98. The number of rotatable bonds is 3. The molecule has 5 rings (SSSR count). The second-order valence-electron chi connectivity index (χ2n) is 8.56. The molecule has 0 saturated heterocycles. The zero-order valence-electron chi connectivity index (χ0n) is 18.5. The van der Waals surface area contributed by atoms with Gasteiger partial charge in [0.1, 0.15) is 0 Å². The summed E-state index contributed by atoms with van der Waals surface area (Å²) >= 11 is 6.29. The van der Waals surface area contributed by atoms with E-state index in [-0.39, 0.29) is 0 Å². The van der Waals surface area contributed by atoms with Crippen LogP contribution in [-0.2, 0) is 5.41 Å². The average Bonchev–Trinajstić information content (AvgIpc) is 3.16. The van der Waals surface area contributed by atoms with Crippen LogP contribution in [0.25, 0.3) is 27.6 Å². The second-order valence-corrected chi connectivity index (χ2v) is 9.00. The Morgan fingerprint density at radius 3 is 2.41 bits per heavy atom. The molecule has 6 nitrogen and oxygen atoms in total. The van der Waals surface area contributed by atoms with Crippen LogP contribution < -0.4 is 5.69 Å². The van der Waals surface area contributed by atoms with Crippen molar-refractivity contribution in [2.75, 3.05) is 0 Å². The highest BCUT2D eigenvalue weighted by Crippen LogP contribution is 2.29. The van der Waals surface area contributed by atoms with E-state index in [1.165, 1.54) is 10.8 Å². The number of nitrogens with zero attached hydrogens (tertiary/aromatic N) is 4. The zero-order chi connectivity index (χ0) is 24.0. The number of imidazole rings is 1. The number of aromatic nitrogens is 3. The third kappa shape index (κ3) is 3.38. The summed E-state index contributed by atoms with van der Waals surface area (Å²) < 4.78 is 2.64. The molecule has 0 aliphatic carbocycles. The summed E-state index contributed by atoms with van der Waals surface area (Å²) in [6, 6.07) is 23.4. The maximum absolute atomic E-state index is 13.8. The van der Waals surface area contributed by atoms with Crippen molar-refractivity contribution in [1.29, 1.82) is 5.26 Å². The first-order valence-corrected chi connectivity index (χ1v) is 11.0. The normalized spacial score (nSPS) is 11.6. The molecule has 0 atom stereocenters. The van der Waals surface area contributed by atoms with Crippen LogP contribution in [0.3, 0.4) is 0 Å². The van der Waals surface area contributed by atoms with Crippen LogP contribution in [0.2, 0.25) is 5.02 Å². The number of carbonyl (C=O) groups excluding carboxylic acids is 1. The van der Waals surface area contributed by atoms with Gasteiger partial charge in [0.15, 0.2) is 0 Å². The van der Waals surface area contributed by atoms with Gasteiger partial charge in [0.25, 0.3) is 5.91 Å². The Labute approximate surface area is 200 Å². The molecular formula is C27H19ClN4O2. The predicted octanol–water partition coefficient (Wildman–Crippen LogP) is 5.48. The molecule has 0 aliphatic rings. The molecule has 0 aliphatic heterocycles. The molecule has 2 heterocycles. The maximum atomic E-state index is 13.8. The first-order valence-electron chi connectivity index (χ1n) is 10.7. The van der Waals surface area contributed by atoms with Gasteiger partial charge in [-0.25, -0.2) is 9.36 Å². The third-order valence-corrected chi connectivity index (χ3v) is 6.21. The first-order chi connectivity index (χ1) is 16.3. The Bertz CT molecular complexity index is 1670. The Morgan fingerprint density at radius 2 is 1.74 bits per heavy atom. The topological polar surface area (TPSA) is 80.7 Å². The van der Waals surface area contributed by atoms with Crippen molar-refractivity contribution in [3.05, 3.63) is 106 Å². The van der Waals surface area contributed by atoms with Crippen LogP contribution in [0.15, 0.2) is 83.8 Å². The third-order valence-electron chi connectivity index (χ3n) is 5.98. The van der Waals surface area contributed by atoms with Crippen molar-refractivity contribution in [3.8, 4) is 11.8 Å². The van der Waals surface area contributed by atoms with Crippen molar-refractivity contribution in [1.82, 2.24) is 14.1 Å². The molecule has 0 fully saturated rings. The molecule has 7 heteroatoms. The fraction of sp³-hybridized carbons (Fsp3) is 0.111. The van der Waals surface area contributed by atoms with Gasteiger partial charge in [0.2, 0.25) is 0 Å². The molecular weight excluding hydrogens is 448 g/mol. The smallest absolute Gasteiger partial charge is 0.268 e. The molecule has 0 unspecified atom stereocenters. The lowest BCUT2D eigenvalue weighted by molar-refractivity contribution is 0.0960. The summed E-state index contributed by atoms with van der Waals surface area (Å²) in [5.74, 6) is -0.445. The number of benzene rings is 3. The molecule has 3 aromatic carbocycles. The summed E-state index contributed by atoms with van der Waals surface area (Å²) in [6.07, 6.45) is 1.54. The van der Waals surface area contributed by atoms with Crippen molar-refractivity contribution in [3.63, 3.8) is 0 Å². The standard InChI is InChI=1S/C27H19ClN4O2/c1-27(2,16-29)18-8-11-20(12-9-18)31-24-21-14-19(28)10-13-22(21)30-15-23(24)32(26(31)34)25(33)17-6-4-3-5-7-17/h3-15H,1-2H3. The molecule has 0 bridgehead atoms. The molecule has 0 amide bonds. The number of fused-ring (bicyclic) bond motifs is 3. The molecule has 0 radical (unpaired) electrons. The molecule has 166 valence electrons. The van der Waals surface area contributed by atoms with Crippen molar-refractivity contribution in [2.24, 2.45) is 0 Å². The lowest BCUT2D eigenvalue weighted by Crippen LogP contribution is -2.28. The van der Waals surface area contributed by atoms with Gasteiger partial charge in [-0.05, 0) is 61.9 Å². The number of halogens is 1. The van der Waals surface area contributed by atoms with Crippen molar-refractivity contribution >= 4 is 39.4 Å². The van der Waals surface area contributed by atoms with Gasteiger partial charge in [0, 0.05) is 16.0 Å². The van der Waals surface area contributed by atoms with E-state index >= 15 is 0 Å². The van der Waals surface area contributed by atoms with Gasteiger partial charge >= 0.3 is 5.69 Å². The van der Waals surface area contributed by atoms with Crippen molar-refractivity contribution < 1.29 is 4.79 Å². The number of hydrogen-bond donors (Lipinski definition) is 0. The highest BCUT2D eigenvalue weighted by molar-refractivity contribution is 6.31. The summed E-state index contributed by atoms with van der Waals surface area (Å²) in [5, 5.41) is 10.6. The minimum atomic E-state index is -0.676. The van der Waals surface area contributed by atoms with E-state index in [9.17, 15) is 14.9 Å². The minimum absolute atomic E-state index is 0.384. The summed E-state index contributed by atoms with van der Waals surface area (Å²) in [7, 11) is 0. The molecule has 2 aromatic heterocycles. The average molecular weight is 467 g/mol. The lowest BCUT2D eigenvalue weighted by Gasteiger charge is -2.16. The number of nitriles is 1. The van der Waals surface area contributed by atoms with Crippen LogP contribution in [0.5, 0.6) is 0 Å². The minimum Gasteiger partial charge on any atom is -0.268 e. The quantitative estimate of drug-likeness (QED) is 0.352. The summed E-state index contributed by atoms with van der Waals surface area (Å²) in [5.41, 5.74) is 2.17. The van der Waals surface area contributed by atoms with Crippen LogP contribution in [-0.4, -0.2) is 20.0 Å². The predicted molar refractivity (Wildman–Crippen MR) is 133 cm³/mol. The van der Waals surface area contributed by atoms with Gasteiger partial charge in [-0.2, -0.15) is 5.26 Å². The van der Waals surface area contributed by atoms with Crippen LogP contribution >= 0.6 is 11.6 Å². The summed E-state index contributed by atoms with van der Waals surface area (Å²) in [6.45, 7) is 3.67. The summed E-state index contributed by atoms with van der Waals surface area (Å²) in [4.78, 5) is 31.6. The van der Waals surface area contributed by atoms with E-state index < -0.39 is 17.0 Å². The largest absolute Gasteiger partial charge is 0.340 e. The van der Waals surface area contributed by atoms with Gasteiger partial charge in [0.05, 0.1) is 39.9 Å². The van der Waals surface area contributed by atoms with Crippen LogP contribution in [0, 0.1) is 11.3 Å².